The molecule has 0 spiro atoms. The second kappa shape index (κ2) is 4.73. The van der Waals surface area contributed by atoms with Crippen LogP contribution in [0.1, 0.15) is 10.6 Å². The molecule has 0 amide bonds. The van der Waals surface area contributed by atoms with Gasteiger partial charge in [0.1, 0.15) is 0 Å². The molecule has 0 atom stereocenters. The molecular formula is C9H11N3O2S3. The van der Waals surface area contributed by atoms with E-state index in [1.165, 1.54) is 22.7 Å². The number of hydrogen-bond donors (Lipinski definition) is 2. The first-order chi connectivity index (χ1) is 8.01. The van der Waals surface area contributed by atoms with E-state index in [4.69, 9.17) is 5.73 Å². The summed E-state index contributed by atoms with van der Waals surface area (Å²) in [5.41, 5.74) is 6.24. The van der Waals surface area contributed by atoms with Crippen molar-refractivity contribution in [3.05, 3.63) is 27.4 Å². The van der Waals surface area contributed by atoms with Gasteiger partial charge in [0.05, 0.1) is 10.6 Å². The number of aromatic nitrogens is 1. The van der Waals surface area contributed by atoms with Crippen LogP contribution >= 0.6 is 22.7 Å². The molecule has 2 aromatic heterocycles. The normalized spacial score (nSPS) is 11.6. The van der Waals surface area contributed by atoms with Crippen LogP contribution in [0.3, 0.4) is 0 Å². The van der Waals surface area contributed by atoms with Gasteiger partial charge < -0.3 is 5.73 Å². The van der Waals surface area contributed by atoms with Gasteiger partial charge in [-0.25, -0.2) is 13.4 Å². The SMILES string of the molecule is Cc1csc(NS(=O)(=O)c2csc(CN)c2)n1. The van der Waals surface area contributed by atoms with Gasteiger partial charge in [-0.3, -0.25) is 4.72 Å². The van der Waals surface area contributed by atoms with Crippen LogP contribution in [0.5, 0.6) is 0 Å². The van der Waals surface area contributed by atoms with E-state index in [-0.39, 0.29) is 4.90 Å². The Morgan fingerprint density at radius 2 is 2.18 bits per heavy atom. The van der Waals surface area contributed by atoms with Crippen LogP contribution in [-0.4, -0.2) is 13.4 Å². The van der Waals surface area contributed by atoms with Crippen LogP contribution in [0, 0.1) is 6.92 Å². The number of anilines is 1. The third kappa shape index (κ3) is 2.83. The van der Waals surface area contributed by atoms with Gasteiger partial charge in [0.25, 0.3) is 10.0 Å². The smallest absolute Gasteiger partial charge is 0.264 e. The Morgan fingerprint density at radius 1 is 1.41 bits per heavy atom. The minimum Gasteiger partial charge on any atom is -0.326 e. The fourth-order valence-corrected chi connectivity index (χ4v) is 4.28. The first kappa shape index (κ1) is 12.5. The predicted octanol–water partition coefficient (Wildman–Crippen LogP) is 1.77. The number of nitrogens with two attached hydrogens (primary N) is 1. The van der Waals surface area contributed by atoms with Gasteiger partial charge in [0.2, 0.25) is 0 Å². The van der Waals surface area contributed by atoms with Crippen LogP contribution in [0.25, 0.3) is 0 Å². The van der Waals surface area contributed by atoms with E-state index in [1.807, 2.05) is 6.92 Å². The molecule has 0 unspecified atom stereocenters. The number of thiazole rings is 1. The molecule has 0 aliphatic heterocycles. The summed E-state index contributed by atoms with van der Waals surface area (Å²) in [4.78, 5) is 5.12. The van der Waals surface area contributed by atoms with E-state index in [9.17, 15) is 8.42 Å². The van der Waals surface area contributed by atoms with Crippen LogP contribution in [0.15, 0.2) is 21.7 Å². The van der Waals surface area contributed by atoms with E-state index >= 15 is 0 Å². The topological polar surface area (TPSA) is 85.1 Å². The highest BCUT2D eigenvalue weighted by Gasteiger charge is 2.17. The van der Waals surface area contributed by atoms with Gasteiger partial charge >= 0.3 is 0 Å². The quantitative estimate of drug-likeness (QED) is 0.898. The van der Waals surface area contributed by atoms with Gasteiger partial charge in [-0.2, -0.15) is 0 Å². The van der Waals surface area contributed by atoms with Crippen molar-refractivity contribution >= 4 is 37.8 Å². The summed E-state index contributed by atoms with van der Waals surface area (Å²) in [7, 11) is -3.54. The van der Waals surface area contributed by atoms with Gasteiger partial charge in [0, 0.05) is 22.2 Å². The lowest BCUT2D eigenvalue weighted by Crippen LogP contribution is -2.11. The van der Waals surface area contributed by atoms with Crippen molar-refractivity contribution in [2.45, 2.75) is 18.4 Å². The van der Waals surface area contributed by atoms with Gasteiger partial charge in [-0.15, -0.1) is 22.7 Å². The van der Waals surface area contributed by atoms with Crippen molar-refractivity contribution in [2.24, 2.45) is 5.73 Å². The molecule has 0 fully saturated rings. The molecule has 0 aliphatic carbocycles. The van der Waals surface area contributed by atoms with Crippen molar-refractivity contribution < 1.29 is 8.42 Å². The molecule has 2 aromatic rings. The number of thiophene rings is 1. The Balaban J connectivity index is 2.24. The standard InChI is InChI=1S/C9H11N3O2S3/c1-6-4-16-9(11-6)12-17(13,14)8-2-7(3-10)15-5-8/h2,4-5H,3,10H2,1H3,(H,11,12). The fourth-order valence-electron chi connectivity index (χ4n) is 1.18. The highest BCUT2D eigenvalue weighted by atomic mass is 32.2. The molecule has 0 aliphatic rings. The van der Waals surface area contributed by atoms with Crippen LogP contribution in [0.2, 0.25) is 0 Å². The highest BCUT2D eigenvalue weighted by Crippen LogP contribution is 2.23. The molecule has 8 heteroatoms. The number of nitrogens with zero attached hydrogens (tertiary/aromatic N) is 1. The second-order valence-corrected chi connectivity index (χ2v) is 6.89. The Bertz CT molecular complexity index is 615. The maximum Gasteiger partial charge on any atom is 0.264 e. The van der Waals surface area contributed by atoms with E-state index in [0.29, 0.717) is 11.7 Å². The molecule has 2 heterocycles. The summed E-state index contributed by atoms with van der Waals surface area (Å²) in [6.45, 7) is 2.15. The summed E-state index contributed by atoms with van der Waals surface area (Å²) < 4.78 is 26.4. The third-order valence-corrected chi connectivity index (χ3v) is 5.41. The van der Waals surface area contributed by atoms with Crippen LogP contribution in [-0.2, 0) is 16.6 Å². The number of rotatable bonds is 4. The maximum absolute atomic E-state index is 12.0. The average Bonchev–Trinajstić information content (AvgIpc) is 2.86. The Kier molecular flexibility index (Phi) is 3.48. The lowest BCUT2D eigenvalue weighted by Gasteiger charge is -2.01. The van der Waals surface area contributed by atoms with Gasteiger partial charge in [-0.05, 0) is 13.0 Å². The molecular weight excluding hydrogens is 278 g/mol. The first-order valence-corrected chi connectivity index (χ1v) is 7.98. The van der Waals surface area contributed by atoms with Gasteiger partial charge in [-0.1, -0.05) is 0 Å². The summed E-state index contributed by atoms with van der Waals surface area (Å²) in [6.07, 6.45) is 0. The minimum absolute atomic E-state index is 0.232. The summed E-state index contributed by atoms with van der Waals surface area (Å²) >= 11 is 2.59. The lowest BCUT2D eigenvalue weighted by molar-refractivity contribution is 0.601. The zero-order chi connectivity index (χ0) is 12.5. The molecule has 5 nitrogen and oxygen atoms in total. The zero-order valence-corrected chi connectivity index (χ0v) is 11.5. The summed E-state index contributed by atoms with van der Waals surface area (Å²) in [6, 6.07) is 1.58. The predicted molar refractivity (Wildman–Crippen MR) is 69.9 cm³/mol. The molecule has 0 aromatic carbocycles. The Hall–Kier alpha value is -0.960. The number of hydrogen-bond acceptors (Lipinski definition) is 6. The van der Waals surface area contributed by atoms with Gasteiger partial charge in [0.15, 0.2) is 5.13 Å². The molecule has 0 saturated carbocycles. The largest absolute Gasteiger partial charge is 0.326 e. The van der Waals surface area contributed by atoms with E-state index in [1.54, 1.807) is 16.8 Å². The molecule has 3 N–H and O–H groups in total. The highest BCUT2D eigenvalue weighted by molar-refractivity contribution is 7.93. The monoisotopic (exact) mass is 289 g/mol. The Labute approximate surface area is 107 Å². The Morgan fingerprint density at radius 3 is 2.71 bits per heavy atom. The minimum atomic E-state index is -3.54. The molecule has 0 saturated heterocycles. The van der Waals surface area contributed by atoms with Crippen molar-refractivity contribution in [3.8, 4) is 0 Å². The molecule has 92 valence electrons. The lowest BCUT2D eigenvalue weighted by atomic mass is 10.5. The summed E-state index contributed by atoms with van der Waals surface area (Å²) in [5, 5.41) is 3.74. The van der Waals surface area contributed by atoms with E-state index in [2.05, 4.69) is 9.71 Å². The molecule has 0 radical (unpaired) electrons. The molecule has 17 heavy (non-hydrogen) atoms. The van der Waals surface area contributed by atoms with Crippen molar-refractivity contribution in [1.29, 1.82) is 0 Å². The number of aryl methyl sites for hydroxylation is 1. The van der Waals surface area contributed by atoms with Crippen molar-refractivity contribution in [3.63, 3.8) is 0 Å². The number of sulfonamides is 1. The van der Waals surface area contributed by atoms with E-state index < -0.39 is 10.0 Å². The second-order valence-electron chi connectivity index (χ2n) is 3.35. The first-order valence-electron chi connectivity index (χ1n) is 4.73. The number of nitrogens with one attached hydrogen (secondary N) is 1. The maximum atomic E-state index is 12.0. The van der Waals surface area contributed by atoms with E-state index in [0.717, 1.165) is 10.6 Å². The summed E-state index contributed by atoms with van der Waals surface area (Å²) in [5.74, 6) is 0. The molecule has 0 bridgehead atoms. The fraction of sp³-hybridized carbons (Fsp3) is 0.222. The zero-order valence-electron chi connectivity index (χ0n) is 9.00. The molecule has 2 rings (SSSR count). The van der Waals surface area contributed by atoms with Crippen molar-refractivity contribution in [1.82, 2.24) is 4.98 Å². The van der Waals surface area contributed by atoms with Crippen molar-refractivity contribution in [2.75, 3.05) is 4.72 Å². The van der Waals surface area contributed by atoms with Crippen LogP contribution < -0.4 is 10.5 Å². The average molecular weight is 289 g/mol. The third-order valence-electron chi connectivity index (χ3n) is 1.98. The van der Waals surface area contributed by atoms with Crippen LogP contribution in [0.4, 0.5) is 5.13 Å².